The van der Waals surface area contributed by atoms with Crippen molar-refractivity contribution in [2.75, 3.05) is 0 Å². The van der Waals surface area contributed by atoms with Gasteiger partial charge >= 0.3 is 0 Å². The fourth-order valence-corrected chi connectivity index (χ4v) is 2.57. The predicted octanol–water partition coefficient (Wildman–Crippen LogP) is 4.82. The highest BCUT2D eigenvalue weighted by molar-refractivity contribution is 6.70. The molecule has 0 amide bonds. The molecule has 0 saturated carbocycles. The Labute approximate surface area is 102 Å². The van der Waals surface area contributed by atoms with Crippen LogP contribution in [-0.2, 0) is 0 Å². The Morgan fingerprint density at radius 3 is 2.07 bits per heavy atom. The lowest BCUT2D eigenvalue weighted by atomic mass is 10.1. The normalized spacial score (nSPS) is 11.7. The van der Waals surface area contributed by atoms with Crippen LogP contribution in [0.5, 0.6) is 5.75 Å². The Bertz CT molecular complexity index is 383. The summed E-state index contributed by atoms with van der Waals surface area (Å²) in [6.45, 7) is 10.3. The van der Waals surface area contributed by atoms with Crippen LogP contribution in [0, 0.1) is 13.8 Å². The second-order valence-electron chi connectivity index (χ2n) is 4.66. The molecule has 0 unspecified atom stereocenters. The first kappa shape index (κ1) is 12.9. The lowest BCUT2D eigenvalue weighted by molar-refractivity contribution is 0.557. The minimum absolute atomic E-state index is 0.632. The molecule has 0 atom stereocenters. The Morgan fingerprint density at radius 2 is 1.60 bits per heavy atom. The summed E-state index contributed by atoms with van der Waals surface area (Å²) in [6.07, 6.45) is 0. The summed E-state index contributed by atoms with van der Waals surface area (Å²) in [5, 5.41) is 1.36. The lowest BCUT2D eigenvalue weighted by Gasteiger charge is -2.21. The minimum atomic E-state index is -1.62. The molecule has 1 aromatic carbocycles. The van der Waals surface area contributed by atoms with Crippen LogP contribution in [-0.4, -0.2) is 8.32 Å². The molecule has 0 radical (unpaired) electrons. The Morgan fingerprint density at radius 1 is 1.07 bits per heavy atom. The minimum Gasteiger partial charge on any atom is -0.543 e. The van der Waals surface area contributed by atoms with Crippen LogP contribution in [0.2, 0.25) is 29.7 Å². The molecule has 0 aromatic heterocycles. The van der Waals surface area contributed by atoms with E-state index in [1.807, 2.05) is 19.9 Å². The molecule has 0 aliphatic carbocycles. The molecule has 0 aliphatic rings. The number of halogens is 2. The molecule has 1 rings (SSSR count). The molecule has 0 spiro atoms. The van der Waals surface area contributed by atoms with Gasteiger partial charge in [-0.15, -0.1) is 0 Å². The average Bonchev–Trinajstić information content (AvgIpc) is 2.08. The molecule has 0 bridgehead atoms. The molecule has 0 N–H and O–H groups in total. The first-order valence-corrected chi connectivity index (χ1v) is 9.03. The van der Waals surface area contributed by atoms with Crippen molar-refractivity contribution in [2.45, 2.75) is 33.5 Å². The summed E-state index contributed by atoms with van der Waals surface area (Å²) < 4.78 is 5.90. The van der Waals surface area contributed by atoms with Crippen LogP contribution in [0.15, 0.2) is 6.07 Å². The predicted molar refractivity (Wildman–Crippen MR) is 69.9 cm³/mol. The number of hydrogen-bond acceptors (Lipinski definition) is 1. The summed E-state index contributed by atoms with van der Waals surface area (Å²) in [6, 6.07) is 1.91. The fraction of sp³-hybridized carbons (Fsp3) is 0.455. The summed E-state index contributed by atoms with van der Waals surface area (Å²) in [4.78, 5) is 0. The van der Waals surface area contributed by atoms with Gasteiger partial charge in [0, 0.05) is 5.02 Å². The smallest absolute Gasteiger partial charge is 0.242 e. The van der Waals surface area contributed by atoms with Crippen LogP contribution in [0.4, 0.5) is 0 Å². The van der Waals surface area contributed by atoms with E-state index >= 15 is 0 Å². The second-order valence-corrected chi connectivity index (χ2v) is 9.84. The van der Waals surface area contributed by atoms with Crippen molar-refractivity contribution in [3.05, 3.63) is 27.2 Å². The fourth-order valence-electron chi connectivity index (χ4n) is 1.30. The van der Waals surface area contributed by atoms with Gasteiger partial charge in [-0.1, -0.05) is 23.2 Å². The summed E-state index contributed by atoms with van der Waals surface area (Å²) in [5.74, 6) is 0.759. The van der Waals surface area contributed by atoms with Crippen LogP contribution in [0.1, 0.15) is 11.1 Å². The maximum atomic E-state index is 6.19. The quantitative estimate of drug-likeness (QED) is 0.695. The van der Waals surface area contributed by atoms with Gasteiger partial charge in [0.15, 0.2) is 0 Å². The third kappa shape index (κ3) is 3.13. The molecule has 1 aromatic rings. The summed E-state index contributed by atoms with van der Waals surface area (Å²) >= 11 is 12.3. The summed E-state index contributed by atoms with van der Waals surface area (Å²) in [7, 11) is -1.62. The van der Waals surface area contributed by atoms with Crippen molar-refractivity contribution in [3.63, 3.8) is 0 Å². The highest BCUT2D eigenvalue weighted by Crippen LogP contribution is 2.36. The number of benzene rings is 1. The molecular weight excluding hydrogens is 247 g/mol. The zero-order chi connectivity index (χ0) is 11.8. The molecule has 0 saturated heterocycles. The van der Waals surface area contributed by atoms with Crippen molar-refractivity contribution < 1.29 is 4.43 Å². The van der Waals surface area contributed by atoms with Crippen molar-refractivity contribution in [3.8, 4) is 5.75 Å². The standard InChI is InChI=1S/C11H16Cl2OSi/c1-7-6-9(14-15(3,4)5)11(13)8(2)10(7)12/h6H,1-5H3. The highest BCUT2D eigenvalue weighted by atomic mass is 35.5. The van der Waals surface area contributed by atoms with Crippen LogP contribution < -0.4 is 4.43 Å². The lowest BCUT2D eigenvalue weighted by Crippen LogP contribution is -2.29. The van der Waals surface area contributed by atoms with Crippen molar-refractivity contribution >= 4 is 31.5 Å². The average molecular weight is 263 g/mol. The Hall–Kier alpha value is -0.183. The zero-order valence-electron chi connectivity index (χ0n) is 9.74. The van der Waals surface area contributed by atoms with Gasteiger partial charge in [0.2, 0.25) is 8.32 Å². The highest BCUT2D eigenvalue weighted by Gasteiger charge is 2.20. The molecule has 84 valence electrons. The molecule has 0 aliphatic heterocycles. The van der Waals surface area contributed by atoms with E-state index in [1.165, 1.54) is 0 Å². The van der Waals surface area contributed by atoms with Gasteiger partial charge in [0.05, 0.1) is 5.02 Å². The van der Waals surface area contributed by atoms with Gasteiger partial charge in [-0.05, 0) is 50.7 Å². The third-order valence-electron chi connectivity index (χ3n) is 1.98. The van der Waals surface area contributed by atoms with Crippen molar-refractivity contribution in [1.82, 2.24) is 0 Å². The molecule has 1 nitrogen and oxygen atoms in total. The van der Waals surface area contributed by atoms with E-state index in [0.29, 0.717) is 5.02 Å². The van der Waals surface area contributed by atoms with Crippen molar-refractivity contribution in [2.24, 2.45) is 0 Å². The molecule has 15 heavy (non-hydrogen) atoms. The van der Waals surface area contributed by atoms with Crippen LogP contribution >= 0.6 is 23.2 Å². The first-order chi connectivity index (χ1) is 6.72. The van der Waals surface area contributed by atoms with E-state index in [4.69, 9.17) is 27.6 Å². The van der Waals surface area contributed by atoms with E-state index in [-0.39, 0.29) is 0 Å². The van der Waals surface area contributed by atoms with Gasteiger partial charge in [-0.2, -0.15) is 0 Å². The van der Waals surface area contributed by atoms with E-state index in [0.717, 1.165) is 21.9 Å². The molecule has 4 heteroatoms. The Balaban J connectivity index is 3.21. The number of hydrogen-bond donors (Lipinski definition) is 0. The molecule has 0 fully saturated rings. The maximum Gasteiger partial charge on any atom is 0.242 e. The second kappa shape index (κ2) is 4.36. The number of aryl methyl sites for hydroxylation is 1. The van der Waals surface area contributed by atoms with Gasteiger partial charge in [-0.3, -0.25) is 0 Å². The topological polar surface area (TPSA) is 9.23 Å². The van der Waals surface area contributed by atoms with Gasteiger partial charge in [0.25, 0.3) is 0 Å². The van der Waals surface area contributed by atoms with Gasteiger partial charge < -0.3 is 4.43 Å². The maximum absolute atomic E-state index is 6.19. The molecule has 0 heterocycles. The van der Waals surface area contributed by atoms with E-state index in [9.17, 15) is 0 Å². The van der Waals surface area contributed by atoms with Crippen LogP contribution in [0.25, 0.3) is 0 Å². The zero-order valence-corrected chi connectivity index (χ0v) is 12.3. The van der Waals surface area contributed by atoms with E-state index in [1.54, 1.807) is 0 Å². The Kier molecular flexibility index (Phi) is 3.74. The van der Waals surface area contributed by atoms with Crippen molar-refractivity contribution in [1.29, 1.82) is 0 Å². The van der Waals surface area contributed by atoms with E-state index < -0.39 is 8.32 Å². The SMILES string of the molecule is Cc1cc(O[Si](C)(C)C)c(Cl)c(C)c1Cl. The monoisotopic (exact) mass is 262 g/mol. The largest absolute Gasteiger partial charge is 0.543 e. The molecular formula is C11H16Cl2OSi. The summed E-state index contributed by atoms with van der Waals surface area (Å²) in [5.41, 5.74) is 1.90. The first-order valence-electron chi connectivity index (χ1n) is 4.86. The number of rotatable bonds is 2. The van der Waals surface area contributed by atoms with Gasteiger partial charge in [0.1, 0.15) is 5.75 Å². The van der Waals surface area contributed by atoms with Gasteiger partial charge in [-0.25, -0.2) is 0 Å². The van der Waals surface area contributed by atoms with Crippen LogP contribution in [0.3, 0.4) is 0 Å². The third-order valence-corrected chi connectivity index (χ3v) is 3.87. The van der Waals surface area contributed by atoms with E-state index in [2.05, 4.69) is 19.6 Å².